The van der Waals surface area contributed by atoms with Gasteiger partial charge in [-0.05, 0) is 37.1 Å². The van der Waals surface area contributed by atoms with E-state index in [4.69, 9.17) is 5.73 Å². The molecule has 82 valence electrons. The Kier molecular flexibility index (Phi) is 3.97. The highest BCUT2D eigenvalue weighted by molar-refractivity contribution is 6.01. The maximum atomic E-state index is 12.8. The van der Waals surface area contributed by atoms with Gasteiger partial charge in [-0.15, -0.1) is 0 Å². The number of nitrogens with two attached hydrogens (primary N) is 1. The molecule has 1 unspecified atom stereocenters. The number of ketones is 1. The second-order valence-corrected chi connectivity index (χ2v) is 3.72. The van der Waals surface area contributed by atoms with E-state index in [9.17, 15) is 9.18 Å². The van der Waals surface area contributed by atoms with Gasteiger partial charge < -0.3 is 5.73 Å². The molecule has 0 radical (unpaired) electrons. The average Bonchev–Trinajstić information content (AvgIpc) is 2.17. The summed E-state index contributed by atoms with van der Waals surface area (Å²) in [4.78, 5) is 11.8. The quantitative estimate of drug-likeness (QED) is 0.774. The number of hydrogen-bond acceptors (Lipinski definition) is 2. The SMILES string of the molecule is CCCC(N)C(=O)c1ccc(F)cc1C. The molecule has 1 aromatic rings. The van der Waals surface area contributed by atoms with Gasteiger partial charge in [-0.2, -0.15) is 0 Å². The number of halogens is 1. The molecule has 0 aliphatic heterocycles. The molecule has 0 aromatic heterocycles. The molecule has 0 aliphatic rings. The van der Waals surface area contributed by atoms with Crippen LogP contribution in [-0.2, 0) is 0 Å². The molecule has 0 bridgehead atoms. The number of carbonyl (C=O) groups is 1. The molecule has 1 atom stereocenters. The van der Waals surface area contributed by atoms with Gasteiger partial charge in [0, 0.05) is 5.56 Å². The molecule has 2 nitrogen and oxygen atoms in total. The second-order valence-electron chi connectivity index (χ2n) is 3.72. The largest absolute Gasteiger partial charge is 0.321 e. The molecule has 15 heavy (non-hydrogen) atoms. The Bertz CT molecular complexity index is 363. The summed E-state index contributed by atoms with van der Waals surface area (Å²) in [6.07, 6.45) is 1.53. The summed E-state index contributed by atoms with van der Waals surface area (Å²) >= 11 is 0. The Balaban J connectivity index is 2.91. The lowest BCUT2D eigenvalue weighted by Gasteiger charge is -2.11. The number of aryl methyl sites for hydroxylation is 1. The molecule has 1 rings (SSSR count). The van der Waals surface area contributed by atoms with E-state index in [0.29, 0.717) is 17.5 Å². The van der Waals surface area contributed by atoms with Crippen LogP contribution in [0, 0.1) is 12.7 Å². The predicted octanol–water partition coefficient (Wildman–Crippen LogP) is 2.44. The van der Waals surface area contributed by atoms with Crippen LogP contribution in [0.25, 0.3) is 0 Å². The van der Waals surface area contributed by atoms with Crippen molar-refractivity contribution in [2.24, 2.45) is 5.73 Å². The van der Waals surface area contributed by atoms with Gasteiger partial charge in [-0.1, -0.05) is 13.3 Å². The van der Waals surface area contributed by atoms with Gasteiger partial charge in [0.05, 0.1) is 6.04 Å². The molecule has 0 fully saturated rings. The predicted molar refractivity (Wildman–Crippen MR) is 58.4 cm³/mol. The summed E-state index contributed by atoms with van der Waals surface area (Å²) in [5, 5.41) is 0. The fourth-order valence-electron chi connectivity index (χ4n) is 1.55. The minimum Gasteiger partial charge on any atom is -0.321 e. The first kappa shape index (κ1) is 11.9. The molecule has 0 saturated heterocycles. The number of rotatable bonds is 4. The molecule has 0 saturated carbocycles. The van der Waals surface area contributed by atoms with Gasteiger partial charge >= 0.3 is 0 Å². The molecule has 1 aromatic carbocycles. The van der Waals surface area contributed by atoms with Crippen molar-refractivity contribution in [1.82, 2.24) is 0 Å². The zero-order valence-corrected chi connectivity index (χ0v) is 9.09. The second kappa shape index (κ2) is 5.03. The number of benzene rings is 1. The van der Waals surface area contributed by atoms with E-state index in [2.05, 4.69) is 0 Å². The maximum Gasteiger partial charge on any atom is 0.179 e. The standard InChI is InChI=1S/C12H16FNO/c1-3-4-11(14)12(15)10-6-5-9(13)7-8(10)2/h5-7,11H,3-4,14H2,1-2H3. The fourth-order valence-corrected chi connectivity index (χ4v) is 1.55. The van der Waals surface area contributed by atoms with Crippen molar-refractivity contribution in [2.45, 2.75) is 32.7 Å². The Morgan fingerprint density at radius 3 is 2.73 bits per heavy atom. The van der Waals surface area contributed by atoms with Crippen molar-refractivity contribution in [1.29, 1.82) is 0 Å². The van der Waals surface area contributed by atoms with Crippen LogP contribution in [0.3, 0.4) is 0 Å². The van der Waals surface area contributed by atoms with Crippen molar-refractivity contribution < 1.29 is 9.18 Å². The Labute approximate surface area is 89.3 Å². The van der Waals surface area contributed by atoms with Crippen LogP contribution >= 0.6 is 0 Å². The van der Waals surface area contributed by atoms with Crippen molar-refractivity contribution in [2.75, 3.05) is 0 Å². The third-order valence-electron chi connectivity index (χ3n) is 2.39. The minimum absolute atomic E-state index is 0.102. The van der Waals surface area contributed by atoms with Crippen molar-refractivity contribution in [3.63, 3.8) is 0 Å². The lowest BCUT2D eigenvalue weighted by atomic mass is 9.97. The van der Waals surface area contributed by atoms with Crippen LogP contribution in [0.5, 0.6) is 0 Å². The van der Waals surface area contributed by atoms with E-state index < -0.39 is 6.04 Å². The highest BCUT2D eigenvalue weighted by Crippen LogP contribution is 2.13. The van der Waals surface area contributed by atoms with Gasteiger partial charge in [0.25, 0.3) is 0 Å². The Hall–Kier alpha value is -1.22. The zero-order chi connectivity index (χ0) is 11.4. The molecule has 0 amide bonds. The van der Waals surface area contributed by atoms with E-state index in [1.165, 1.54) is 18.2 Å². The Morgan fingerprint density at radius 2 is 2.20 bits per heavy atom. The number of hydrogen-bond donors (Lipinski definition) is 1. The summed E-state index contributed by atoms with van der Waals surface area (Å²) < 4.78 is 12.8. The number of carbonyl (C=O) groups excluding carboxylic acids is 1. The van der Waals surface area contributed by atoms with E-state index >= 15 is 0 Å². The van der Waals surface area contributed by atoms with Gasteiger partial charge in [0.1, 0.15) is 5.82 Å². The summed E-state index contributed by atoms with van der Waals surface area (Å²) in [6, 6.07) is 3.67. The van der Waals surface area contributed by atoms with Crippen LogP contribution in [-0.4, -0.2) is 11.8 Å². The molecule has 0 heterocycles. The van der Waals surface area contributed by atoms with E-state index in [1.807, 2.05) is 6.92 Å². The molecule has 3 heteroatoms. The monoisotopic (exact) mass is 209 g/mol. The van der Waals surface area contributed by atoms with Gasteiger partial charge in [0.15, 0.2) is 5.78 Å². The topological polar surface area (TPSA) is 43.1 Å². The van der Waals surface area contributed by atoms with Gasteiger partial charge in [-0.25, -0.2) is 4.39 Å². The van der Waals surface area contributed by atoms with Crippen LogP contribution < -0.4 is 5.73 Å². The summed E-state index contributed by atoms with van der Waals surface area (Å²) in [5.41, 5.74) is 6.89. The van der Waals surface area contributed by atoms with Crippen molar-refractivity contribution in [3.8, 4) is 0 Å². The third kappa shape index (κ3) is 2.86. The minimum atomic E-state index is -0.473. The molecular formula is C12H16FNO. The smallest absolute Gasteiger partial charge is 0.179 e. The fraction of sp³-hybridized carbons (Fsp3) is 0.417. The normalized spacial score (nSPS) is 12.5. The van der Waals surface area contributed by atoms with E-state index in [-0.39, 0.29) is 11.6 Å². The number of Topliss-reactive ketones (excluding diaryl/α,β-unsaturated/α-hetero) is 1. The molecular weight excluding hydrogens is 193 g/mol. The Morgan fingerprint density at radius 1 is 1.53 bits per heavy atom. The molecule has 0 aliphatic carbocycles. The summed E-state index contributed by atoms with van der Waals surface area (Å²) in [6.45, 7) is 3.69. The first-order chi connectivity index (χ1) is 7.06. The summed E-state index contributed by atoms with van der Waals surface area (Å²) in [7, 11) is 0. The highest BCUT2D eigenvalue weighted by atomic mass is 19.1. The van der Waals surface area contributed by atoms with Crippen LogP contribution in [0.2, 0.25) is 0 Å². The van der Waals surface area contributed by atoms with Crippen molar-refractivity contribution >= 4 is 5.78 Å². The first-order valence-electron chi connectivity index (χ1n) is 5.12. The van der Waals surface area contributed by atoms with Crippen LogP contribution in [0.15, 0.2) is 18.2 Å². The maximum absolute atomic E-state index is 12.8. The zero-order valence-electron chi connectivity index (χ0n) is 9.09. The van der Waals surface area contributed by atoms with Gasteiger partial charge in [0.2, 0.25) is 0 Å². The molecule has 0 spiro atoms. The lowest BCUT2D eigenvalue weighted by Crippen LogP contribution is -2.30. The van der Waals surface area contributed by atoms with Crippen molar-refractivity contribution in [3.05, 3.63) is 35.1 Å². The van der Waals surface area contributed by atoms with E-state index in [0.717, 1.165) is 6.42 Å². The van der Waals surface area contributed by atoms with Gasteiger partial charge in [-0.3, -0.25) is 4.79 Å². The first-order valence-corrected chi connectivity index (χ1v) is 5.12. The van der Waals surface area contributed by atoms with Crippen LogP contribution in [0.4, 0.5) is 4.39 Å². The average molecular weight is 209 g/mol. The van der Waals surface area contributed by atoms with E-state index in [1.54, 1.807) is 6.92 Å². The lowest BCUT2D eigenvalue weighted by molar-refractivity contribution is 0.0956. The highest BCUT2D eigenvalue weighted by Gasteiger charge is 2.16. The third-order valence-corrected chi connectivity index (χ3v) is 2.39. The van der Waals surface area contributed by atoms with Crippen LogP contribution in [0.1, 0.15) is 35.7 Å². The molecule has 2 N–H and O–H groups in total. The summed E-state index contributed by atoms with van der Waals surface area (Å²) in [5.74, 6) is -0.428.